The van der Waals surface area contributed by atoms with Crippen LogP contribution in [0.3, 0.4) is 0 Å². The van der Waals surface area contributed by atoms with Crippen molar-refractivity contribution >= 4 is 39.1 Å². The predicted octanol–water partition coefficient (Wildman–Crippen LogP) is 5.47. The van der Waals surface area contributed by atoms with E-state index in [2.05, 4.69) is 40.4 Å². The minimum absolute atomic E-state index is 0.0149. The van der Waals surface area contributed by atoms with E-state index < -0.39 is 0 Å². The lowest BCUT2D eigenvalue weighted by molar-refractivity contribution is -0.116. The molecule has 2 N–H and O–H groups in total. The topological polar surface area (TPSA) is 67.4 Å². The normalized spacial score (nSPS) is 10.6. The monoisotopic (exact) mass is 432 g/mol. The molecule has 0 spiro atoms. The summed E-state index contributed by atoms with van der Waals surface area (Å²) in [6, 6.07) is 12.3. The van der Waals surface area contributed by atoms with E-state index in [9.17, 15) is 9.59 Å². The summed E-state index contributed by atoms with van der Waals surface area (Å²) in [6.07, 6.45) is 1.29. The van der Waals surface area contributed by atoms with Gasteiger partial charge in [-0.1, -0.05) is 20.8 Å². The fourth-order valence-corrected chi connectivity index (χ4v) is 2.80. The summed E-state index contributed by atoms with van der Waals surface area (Å²) in [6.45, 7) is 6.73. The molecule has 0 aliphatic carbocycles. The number of nitrogens with one attached hydrogen (secondary N) is 2. The first kappa shape index (κ1) is 21.0. The zero-order valence-electron chi connectivity index (χ0n) is 15.8. The minimum Gasteiger partial charge on any atom is -0.492 e. The Balaban J connectivity index is 1.98. The zero-order chi connectivity index (χ0) is 19.8. The van der Waals surface area contributed by atoms with Gasteiger partial charge < -0.3 is 15.4 Å². The van der Waals surface area contributed by atoms with E-state index in [1.165, 1.54) is 0 Å². The third kappa shape index (κ3) is 6.71. The number of halogens is 1. The number of carbonyl (C=O) groups excluding carboxylic acids is 2. The summed E-state index contributed by atoms with van der Waals surface area (Å²) in [5.74, 6) is 0.912. The number of rotatable bonds is 8. The Labute approximate surface area is 168 Å². The van der Waals surface area contributed by atoms with Gasteiger partial charge in [-0.15, -0.1) is 0 Å². The van der Waals surface area contributed by atoms with Crippen molar-refractivity contribution in [1.29, 1.82) is 0 Å². The van der Waals surface area contributed by atoms with Gasteiger partial charge >= 0.3 is 0 Å². The second-order valence-corrected chi connectivity index (χ2v) is 7.53. The third-order valence-electron chi connectivity index (χ3n) is 3.67. The second-order valence-electron chi connectivity index (χ2n) is 6.68. The SMILES string of the molecule is CCCC(=O)Nc1ccc(NC(=O)c2ccc(OCC(C)C)c(Br)c2)cc1. The van der Waals surface area contributed by atoms with Gasteiger partial charge in [-0.25, -0.2) is 0 Å². The van der Waals surface area contributed by atoms with Crippen LogP contribution < -0.4 is 15.4 Å². The fourth-order valence-electron chi connectivity index (χ4n) is 2.31. The number of hydrogen-bond acceptors (Lipinski definition) is 3. The van der Waals surface area contributed by atoms with E-state index >= 15 is 0 Å². The van der Waals surface area contributed by atoms with Crippen LogP contribution in [-0.2, 0) is 4.79 Å². The highest BCUT2D eigenvalue weighted by molar-refractivity contribution is 9.10. The van der Waals surface area contributed by atoms with Crippen molar-refractivity contribution in [2.24, 2.45) is 5.92 Å². The van der Waals surface area contributed by atoms with E-state index in [1.54, 1.807) is 42.5 Å². The molecule has 2 aromatic carbocycles. The van der Waals surface area contributed by atoms with Crippen LogP contribution in [0.5, 0.6) is 5.75 Å². The van der Waals surface area contributed by atoms with Gasteiger partial charge in [-0.2, -0.15) is 0 Å². The summed E-state index contributed by atoms with van der Waals surface area (Å²) >= 11 is 3.45. The zero-order valence-corrected chi connectivity index (χ0v) is 17.4. The molecule has 0 fully saturated rings. The van der Waals surface area contributed by atoms with E-state index in [1.807, 2.05) is 6.92 Å². The first-order valence-corrected chi connectivity index (χ1v) is 9.82. The first-order valence-electron chi connectivity index (χ1n) is 9.02. The molecule has 2 aromatic rings. The molecular formula is C21H25BrN2O3. The van der Waals surface area contributed by atoms with Gasteiger partial charge in [0, 0.05) is 23.4 Å². The van der Waals surface area contributed by atoms with Crippen molar-refractivity contribution in [2.45, 2.75) is 33.6 Å². The number of hydrogen-bond donors (Lipinski definition) is 2. The summed E-state index contributed by atoms with van der Waals surface area (Å²) in [7, 11) is 0. The summed E-state index contributed by atoms with van der Waals surface area (Å²) in [5, 5.41) is 5.66. The molecule has 0 saturated heterocycles. The number of carbonyl (C=O) groups is 2. The largest absolute Gasteiger partial charge is 0.492 e. The maximum absolute atomic E-state index is 12.4. The van der Waals surface area contributed by atoms with E-state index in [0.717, 1.165) is 10.9 Å². The molecule has 6 heteroatoms. The molecule has 0 saturated carbocycles. The average Bonchev–Trinajstić information content (AvgIpc) is 2.62. The average molecular weight is 433 g/mol. The van der Waals surface area contributed by atoms with Crippen molar-refractivity contribution in [1.82, 2.24) is 0 Å². The van der Waals surface area contributed by atoms with Crippen LogP contribution in [0.1, 0.15) is 44.0 Å². The van der Waals surface area contributed by atoms with Crippen molar-refractivity contribution in [3.63, 3.8) is 0 Å². The minimum atomic E-state index is -0.214. The van der Waals surface area contributed by atoms with E-state index in [0.29, 0.717) is 41.6 Å². The highest BCUT2D eigenvalue weighted by Gasteiger charge is 2.10. The molecule has 5 nitrogen and oxygen atoms in total. The van der Waals surface area contributed by atoms with Crippen molar-refractivity contribution in [2.75, 3.05) is 17.2 Å². The lowest BCUT2D eigenvalue weighted by Crippen LogP contribution is -2.13. The lowest BCUT2D eigenvalue weighted by Gasteiger charge is -2.12. The maximum Gasteiger partial charge on any atom is 0.255 e. The molecule has 0 bridgehead atoms. The van der Waals surface area contributed by atoms with Crippen molar-refractivity contribution in [3.05, 3.63) is 52.5 Å². The number of anilines is 2. The second kappa shape index (κ2) is 10.1. The van der Waals surface area contributed by atoms with Gasteiger partial charge in [0.1, 0.15) is 5.75 Å². The van der Waals surface area contributed by atoms with Crippen LogP contribution in [0.2, 0.25) is 0 Å². The lowest BCUT2D eigenvalue weighted by atomic mass is 10.2. The number of amides is 2. The number of benzene rings is 2. The standard InChI is InChI=1S/C21H25BrN2O3/c1-4-5-20(25)23-16-7-9-17(10-8-16)24-21(26)15-6-11-19(18(22)12-15)27-13-14(2)3/h6-12,14H,4-5,13H2,1-3H3,(H,23,25)(H,24,26). The fraction of sp³-hybridized carbons (Fsp3) is 0.333. The molecule has 0 unspecified atom stereocenters. The third-order valence-corrected chi connectivity index (χ3v) is 4.29. The Morgan fingerprint density at radius 1 is 1.04 bits per heavy atom. The van der Waals surface area contributed by atoms with E-state index in [-0.39, 0.29) is 11.8 Å². The molecule has 0 radical (unpaired) electrons. The smallest absolute Gasteiger partial charge is 0.255 e. The predicted molar refractivity (Wildman–Crippen MR) is 112 cm³/mol. The van der Waals surface area contributed by atoms with E-state index in [4.69, 9.17) is 4.74 Å². The highest BCUT2D eigenvalue weighted by Crippen LogP contribution is 2.27. The molecule has 0 aliphatic heterocycles. The van der Waals surface area contributed by atoms with Gasteiger partial charge in [-0.3, -0.25) is 9.59 Å². The Morgan fingerprint density at radius 3 is 2.22 bits per heavy atom. The van der Waals surface area contributed by atoms with Crippen LogP contribution in [0, 0.1) is 5.92 Å². The Hall–Kier alpha value is -2.34. The molecule has 0 atom stereocenters. The Kier molecular flexibility index (Phi) is 7.85. The molecular weight excluding hydrogens is 408 g/mol. The Morgan fingerprint density at radius 2 is 1.67 bits per heavy atom. The van der Waals surface area contributed by atoms with Crippen LogP contribution in [0.15, 0.2) is 46.9 Å². The molecule has 144 valence electrons. The quantitative estimate of drug-likeness (QED) is 0.580. The summed E-state index contributed by atoms with van der Waals surface area (Å²) in [5.41, 5.74) is 1.89. The van der Waals surface area contributed by atoms with Gasteiger partial charge in [0.15, 0.2) is 0 Å². The molecule has 2 amide bonds. The van der Waals surface area contributed by atoms with Crippen LogP contribution in [0.25, 0.3) is 0 Å². The molecule has 0 heterocycles. The Bertz CT molecular complexity index is 789. The van der Waals surface area contributed by atoms with Gasteiger partial charge in [0.2, 0.25) is 5.91 Å². The summed E-state index contributed by atoms with van der Waals surface area (Å²) < 4.78 is 6.44. The summed E-state index contributed by atoms with van der Waals surface area (Å²) in [4.78, 5) is 24.1. The molecule has 2 rings (SSSR count). The molecule has 0 aromatic heterocycles. The van der Waals surface area contributed by atoms with Crippen molar-refractivity contribution in [3.8, 4) is 5.75 Å². The van der Waals surface area contributed by atoms with Crippen LogP contribution in [0.4, 0.5) is 11.4 Å². The van der Waals surface area contributed by atoms with Gasteiger partial charge in [0.05, 0.1) is 11.1 Å². The number of ether oxygens (including phenoxy) is 1. The van der Waals surface area contributed by atoms with Crippen molar-refractivity contribution < 1.29 is 14.3 Å². The van der Waals surface area contributed by atoms with Gasteiger partial charge in [0.25, 0.3) is 5.91 Å². The first-order chi connectivity index (χ1) is 12.9. The highest BCUT2D eigenvalue weighted by atomic mass is 79.9. The molecule has 27 heavy (non-hydrogen) atoms. The van der Waals surface area contributed by atoms with Gasteiger partial charge in [-0.05, 0) is 70.7 Å². The van der Waals surface area contributed by atoms with Crippen LogP contribution in [-0.4, -0.2) is 18.4 Å². The maximum atomic E-state index is 12.4. The molecule has 0 aliphatic rings. The van der Waals surface area contributed by atoms with Crippen LogP contribution >= 0.6 is 15.9 Å².